The summed E-state index contributed by atoms with van der Waals surface area (Å²) in [4.78, 5) is 4.47. The standard InChI is InChI=1S/C16H15FN2O/c1-11-18-14-4-2-3-5-15(14)19(11)10-16(20)12-6-8-13(17)9-7-12/h2-9,16,20H,10H2,1H3/t16-/m1/s1. The SMILES string of the molecule is Cc1nc2ccccc2n1C[C@@H](O)c1ccc(F)cc1. The van der Waals surface area contributed by atoms with Gasteiger partial charge in [-0.1, -0.05) is 24.3 Å². The molecule has 0 fully saturated rings. The number of benzene rings is 2. The molecule has 1 heterocycles. The summed E-state index contributed by atoms with van der Waals surface area (Å²) in [6.45, 7) is 2.31. The van der Waals surface area contributed by atoms with Crippen LogP contribution in [-0.2, 0) is 6.54 Å². The van der Waals surface area contributed by atoms with Crippen molar-refractivity contribution in [2.24, 2.45) is 0 Å². The van der Waals surface area contributed by atoms with Crippen molar-refractivity contribution >= 4 is 11.0 Å². The Hall–Kier alpha value is -2.20. The molecular formula is C16H15FN2O. The number of fused-ring (bicyclic) bond motifs is 1. The summed E-state index contributed by atoms with van der Waals surface area (Å²) in [5.74, 6) is 0.553. The summed E-state index contributed by atoms with van der Waals surface area (Å²) in [6.07, 6.45) is -0.688. The first-order chi connectivity index (χ1) is 9.65. The lowest BCUT2D eigenvalue weighted by Gasteiger charge is -2.14. The second kappa shape index (κ2) is 5.06. The van der Waals surface area contributed by atoms with Crippen molar-refractivity contribution in [3.05, 3.63) is 65.7 Å². The minimum absolute atomic E-state index is 0.301. The molecule has 0 saturated heterocycles. The molecule has 2 aromatic carbocycles. The average Bonchev–Trinajstić information content (AvgIpc) is 2.76. The Balaban J connectivity index is 1.92. The number of halogens is 1. The van der Waals surface area contributed by atoms with E-state index in [0.717, 1.165) is 16.9 Å². The number of aliphatic hydroxyl groups excluding tert-OH is 1. The van der Waals surface area contributed by atoms with E-state index in [0.29, 0.717) is 12.1 Å². The van der Waals surface area contributed by atoms with Gasteiger partial charge in [-0.3, -0.25) is 0 Å². The predicted molar refractivity (Wildman–Crippen MR) is 75.8 cm³/mol. The van der Waals surface area contributed by atoms with Gasteiger partial charge in [-0.25, -0.2) is 9.37 Å². The van der Waals surface area contributed by atoms with Crippen LogP contribution >= 0.6 is 0 Å². The molecule has 0 saturated carbocycles. The van der Waals surface area contributed by atoms with Gasteiger partial charge in [-0.15, -0.1) is 0 Å². The van der Waals surface area contributed by atoms with E-state index in [1.165, 1.54) is 12.1 Å². The number of aromatic nitrogens is 2. The van der Waals surface area contributed by atoms with Crippen molar-refractivity contribution in [1.82, 2.24) is 9.55 Å². The fourth-order valence-corrected chi connectivity index (χ4v) is 2.39. The van der Waals surface area contributed by atoms with E-state index >= 15 is 0 Å². The minimum atomic E-state index is -0.688. The van der Waals surface area contributed by atoms with Crippen LogP contribution in [0.3, 0.4) is 0 Å². The lowest BCUT2D eigenvalue weighted by atomic mass is 10.1. The molecule has 0 spiro atoms. The Kier molecular flexibility index (Phi) is 3.24. The number of hydrogen-bond acceptors (Lipinski definition) is 2. The van der Waals surface area contributed by atoms with Gasteiger partial charge in [0, 0.05) is 0 Å². The van der Waals surface area contributed by atoms with Gasteiger partial charge in [0.15, 0.2) is 0 Å². The minimum Gasteiger partial charge on any atom is -0.387 e. The van der Waals surface area contributed by atoms with Gasteiger partial charge in [0.05, 0.1) is 23.7 Å². The fraction of sp³-hybridized carbons (Fsp3) is 0.188. The highest BCUT2D eigenvalue weighted by atomic mass is 19.1. The molecule has 0 aliphatic rings. The third kappa shape index (κ3) is 2.30. The largest absolute Gasteiger partial charge is 0.387 e. The summed E-state index contributed by atoms with van der Waals surface area (Å²) >= 11 is 0. The first kappa shape index (κ1) is 12.8. The van der Waals surface area contributed by atoms with Crippen LogP contribution in [0.5, 0.6) is 0 Å². The Labute approximate surface area is 116 Å². The summed E-state index contributed by atoms with van der Waals surface area (Å²) in [7, 11) is 0. The van der Waals surface area contributed by atoms with Crippen molar-refractivity contribution in [2.45, 2.75) is 19.6 Å². The number of para-hydroxylation sites is 2. The molecule has 20 heavy (non-hydrogen) atoms. The predicted octanol–water partition coefficient (Wildman–Crippen LogP) is 3.22. The van der Waals surface area contributed by atoms with E-state index in [4.69, 9.17) is 0 Å². The van der Waals surface area contributed by atoms with Gasteiger partial charge in [-0.2, -0.15) is 0 Å². The molecule has 102 valence electrons. The fourth-order valence-electron chi connectivity index (χ4n) is 2.39. The monoisotopic (exact) mass is 270 g/mol. The highest BCUT2D eigenvalue weighted by molar-refractivity contribution is 5.75. The van der Waals surface area contributed by atoms with Gasteiger partial charge in [0.2, 0.25) is 0 Å². The first-order valence-electron chi connectivity index (χ1n) is 6.50. The second-order valence-electron chi connectivity index (χ2n) is 4.83. The molecule has 4 heteroatoms. The Morgan fingerprint density at radius 3 is 2.60 bits per heavy atom. The van der Waals surface area contributed by atoms with E-state index < -0.39 is 6.10 Å². The van der Waals surface area contributed by atoms with E-state index in [1.54, 1.807) is 12.1 Å². The summed E-state index contributed by atoms with van der Waals surface area (Å²) in [5, 5.41) is 10.3. The van der Waals surface area contributed by atoms with Crippen molar-refractivity contribution in [3.63, 3.8) is 0 Å². The van der Waals surface area contributed by atoms with E-state index in [2.05, 4.69) is 4.98 Å². The second-order valence-corrected chi connectivity index (χ2v) is 4.83. The Morgan fingerprint density at radius 2 is 1.85 bits per heavy atom. The van der Waals surface area contributed by atoms with Gasteiger partial charge in [0.25, 0.3) is 0 Å². The molecule has 1 atom stereocenters. The molecule has 3 rings (SSSR count). The van der Waals surface area contributed by atoms with Gasteiger partial charge >= 0.3 is 0 Å². The lowest BCUT2D eigenvalue weighted by Crippen LogP contribution is -2.10. The molecule has 0 aliphatic carbocycles. The van der Waals surface area contributed by atoms with E-state index in [9.17, 15) is 9.50 Å². The smallest absolute Gasteiger partial charge is 0.123 e. The molecule has 3 aromatic rings. The van der Waals surface area contributed by atoms with Crippen molar-refractivity contribution in [2.75, 3.05) is 0 Å². The number of aliphatic hydroxyl groups is 1. The molecule has 3 nitrogen and oxygen atoms in total. The maximum atomic E-state index is 12.9. The van der Waals surface area contributed by atoms with Gasteiger partial charge in [-0.05, 0) is 36.8 Å². The quantitative estimate of drug-likeness (QED) is 0.793. The maximum absolute atomic E-state index is 12.9. The van der Waals surface area contributed by atoms with Crippen LogP contribution in [0.4, 0.5) is 4.39 Å². The first-order valence-corrected chi connectivity index (χ1v) is 6.50. The normalized spacial score (nSPS) is 12.8. The van der Waals surface area contributed by atoms with Crippen molar-refractivity contribution < 1.29 is 9.50 Å². The zero-order valence-electron chi connectivity index (χ0n) is 11.1. The van der Waals surface area contributed by atoms with Crippen LogP contribution in [0, 0.1) is 12.7 Å². The molecule has 0 bridgehead atoms. The average molecular weight is 270 g/mol. The number of imidazole rings is 1. The summed E-state index contributed by atoms with van der Waals surface area (Å²) in [6, 6.07) is 13.7. The zero-order valence-corrected chi connectivity index (χ0v) is 11.1. The molecule has 0 aliphatic heterocycles. The third-order valence-electron chi connectivity index (χ3n) is 3.46. The van der Waals surface area contributed by atoms with Gasteiger partial charge < -0.3 is 9.67 Å². The van der Waals surface area contributed by atoms with Crippen LogP contribution in [0.1, 0.15) is 17.5 Å². The Bertz CT molecular complexity index is 734. The van der Waals surface area contributed by atoms with Crippen LogP contribution in [0.2, 0.25) is 0 Å². The molecule has 1 N–H and O–H groups in total. The molecule has 1 aromatic heterocycles. The van der Waals surface area contributed by atoms with Crippen LogP contribution in [0.15, 0.2) is 48.5 Å². The molecule has 0 unspecified atom stereocenters. The summed E-state index contributed by atoms with van der Waals surface area (Å²) in [5.41, 5.74) is 2.60. The topological polar surface area (TPSA) is 38.0 Å². The number of rotatable bonds is 3. The molecule has 0 amide bonds. The van der Waals surface area contributed by atoms with Gasteiger partial charge in [0.1, 0.15) is 11.6 Å². The van der Waals surface area contributed by atoms with Crippen LogP contribution < -0.4 is 0 Å². The zero-order chi connectivity index (χ0) is 14.1. The van der Waals surface area contributed by atoms with Crippen LogP contribution in [0.25, 0.3) is 11.0 Å². The van der Waals surface area contributed by atoms with Crippen molar-refractivity contribution in [3.8, 4) is 0 Å². The third-order valence-corrected chi connectivity index (χ3v) is 3.46. The Morgan fingerprint density at radius 1 is 1.15 bits per heavy atom. The lowest BCUT2D eigenvalue weighted by molar-refractivity contribution is 0.157. The van der Waals surface area contributed by atoms with Crippen molar-refractivity contribution in [1.29, 1.82) is 0 Å². The van der Waals surface area contributed by atoms with Crippen LogP contribution in [-0.4, -0.2) is 14.7 Å². The molecule has 0 radical (unpaired) electrons. The highest BCUT2D eigenvalue weighted by Gasteiger charge is 2.13. The molecular weight excluding hydrogens is 255 g/mol. The number of aryl methyl sites for hydroxylation is 1. The highest BCUT2D eigenvalue weighted by Crippen LogP contribution is 2.21. The number of hydrogen-bond donors (Lipinski definition) is 1. The van der Waals surface area contributed by atoms with E-state index in [-0.39, 0.29) is 5.82 Å². The number of nitrogens with zero attached hydrogens (tertiary/aromatic N) is 2. The van der Waals surface area contributed by atoms with E-state index in [1.807, 2.05) is 35.8 Å². The summed E-state index contributed by atoms with van der Waals surface area (Å²) < 4.78 is 14.9. The maximum Gasteiger partial charge on any atom is 0.123 e.